The van der Waals surface area contributed by atoms with Crippen LogP contribution in [0, 0.1) is 16.0 Å². The number of fused-ring (bicyclic) bond motifs is 2. The van der Waals surface area contributed by atoms with Crippen LogP contribution in [0.5, 0.6) is 17.2 Å². The number of amides is 1. The minimum absolute atomic E-state index is 0.0169. The van der Waals surface area contributed by atoms with Crippen molar-refractivity contribution in [1.82, 2.24) is 4.90 Å². The molecule has 5 rings (SSSR count). The highest BCUT2D eigenvalue weighted by atomic mass is 16.7. The van der Waals surface area contributed by atoms with E-state index in [0.717, 1.165) is 5.56 Å². The predicted octanol–water partition coefficient (Wildman–Crippen LogP) is 3.04. The number of nitrogens with one attached hydrogen (secondary N) is 1. The Morgan fingerprint density at radius 2 is 1.91 bits per heavy atom. The number of hydrogen-bond acceptors (Lipinski definition) is 8. The third kappa shape index (κ3) is 4.19. The average Bonchev–Trinajstić information content (AvgIpc) is 3.27. The van der Waals surface area contributed by atoms with Crippen LogP contribution in [0.1, 0.15) is 24.0 Å². The maximum Gasteiger partial charge on any atom is 0.270 e. The van der Waals surface area contributed by atoms with E-state index in [9.17, 15) is 14.9 Å². The molecule has 0 spiro atoms. The molecule has 0 aromatic heterocycles. The van der Waals surface area contributed by atoms with Gasteiger partial charge in [-0.15, -0.1) is 0 Å². The fourth-order valence-electron chi connectivity index (χ4n) is 4.32. The van der Waals surface area contributed by atoms with Gasteiger partial charge in [0.1, 0.15) is 5.75 Å². The zero-order valence-corrected chi connectivity index (χ0v) is 17.4. The van der Waals surface area contributed by atoms with Crippen molar-refractivity contribution in [3.63, 3.8) is 0 Å². The van der Waals surface area contributed by atoms with E-state index in [1.54, 1.807) is 24.3 Å². The van der Waals surface area contributed by atoms with E-state index in [1.807, 2.05) is 0 Å². The molecule has 1 N–H and O–H groups in total. The van der Waals surface area contributed by atoms with E-state index in [1.165, 1.54) is 6.07 Å². The lowest BCUT2D eigenvalue weighted by Gasteiger charge is -2.32. The van der Waals surface area contributed by atoms with Crippen LogP contribution in [-0.2, 0) is 22.7 Å². The quantitative estimate of drug-likeness (QED) is 0.557. The Balaban J connectivity index is 1.20. The van der Waals surface area contributed by atoms with E-state index in [-0.39, 0.29) is 31.1 Å². The zero-order chi connectivity index (χ0) is 22.1. The number of nitro groups is 1. The summed E-state index contributed by atoms with van der Waals surface area (Å²) in [6.07, 6.45) is 1.41. The Kier molecular flexibility index (Phi) is 5.54. The summed E-state index contributed by atoms with van der Waals surface area (Å²) in [6, 6.07) is 8.43. The second kappa shape index (κ2) is 8.64. The highest BCUT2D eigenvalue weighted by Gasteiger charge is 2.28. The molecule has 3 aliphatic rings. The maximum atomic E-state index is 12.7. The molecule has 0 bridgehead atoms. The first-order chi connectivity index (χ1) is 15.6. The fraction of sp³-hybridized carbons (Fsp3) is 0.409. The molecule has 32 heavy (non-hydrogen) atoms. The molecule has 1 amide bonds. The van der Waals surface area contributed by atoms with E-state index in [0.29, 0.717) is 67.6 Å². The molecule has 2 aromatic carbocycles. The maximum absolute atomic E-state index is 12.7. The van der Waals surface area contributed by atoms with Gasteiger partial charge in [-0.25, -0.2) is 0 Å². The Bertz CT molecular complexity index is 1050. The summed E-state index contributed by atoms with van der Waals surface area (Å²) in [5.74, 6) is 1.86. The van der Waals surface area contributed by atoms with Gasteiger partial charge in [-0.05, 0) is 38.1 Å². The number of anilines is 1. The number of carbonyl (C=O) groups excluding carboxylic acids is 1. The molecule has 10 heteroatoms. The second-order valence-electron chi connectivity index (χ2n) is 8.07. The number of ether oxygens (including phenoxy) is 4. The van der Waals surface area contributed by atoms with Crippen LogP contribution in [0.2, 0.25) is 0 Å². The summed E-state index contributed by atoms with van der Waals surface area (Å²) in [7, 11) is 0. The zero-order valence-electron chi connectivity index (χ0n) is 17.4. The molecule has 3 heterocycles. The van der Waals surface area contributed by atoms with Gasteiger partial charge < -0.3 is 24.3 Å². The predicted molar refractivity (Wildman–Crippen MR) is 113 cm³/mol. The summed E-state index contributed by atoms with van der Waals surface area (Å²) in [4.78, 5) is 25.8. The molecular weight excluding hydrogens is 418 g/mol. The van der Waals surface area contributed by atoms with Gasteiger partial charge in [-0.2, -0.15) is 0 Å². The first kappa shape index (κ1) is 20.5. The highest BCUT2D eigenvalue weighted by molar-refractivity contribution is 5.93. The molecule has 0 radical (unpaired) electrons. The van der Waals surface area contributed by atoms with Crippen LogP contribution in [0.15, 0.2) is 30.3 Å². The van der Waals surface area contributed by atoms with E-state index < -0.39 is 4.92 Å². The van der Waals surface area contributed by atoms with Gasteiger partial charge in [-0.3, -0.25) is 19.8 Å². The molecule has 10 nitrogen and oxygen atoms in total. The Morgan fingerprint density at radius 1 is 1.09 bits per heavy atom. The number of rotatable bonds is 5. The third-order valence-corrected chi connectivity index (χ3v) is 5.97. The SMILES string of the molecule is O=C(Nc1ccc2c(c1)OCO2)C1CCN(Cc2cc([N+](=O)[O-])cc3c2OCOC3)CC1. The molecule has 0 saturated carbocycles. The third-order valence-electron chi connectivity index (χ3n) is 5.97. The monoisotopic (exact) mass is 441 g/mol. The van der Waals surface area contributed by atoms with Crippen molar-refractivity contribution in [2.24, 2.45) is 5.92 Å². The van der Waals surface area contributed by atoms with Gasteiger partial charge >= 0.3 is 0 Å². The normalized spacial score (nSPS) is 18.0. The van der Waals surface area contributed by atoms with E-state index in [2.05, 4.69) is 10.2 Å². The van der Waals surface area contributed by atoms with Crippen LogP contribution >= 0.6 is 0 Å². The summed E-state index contributed by atoms with van der Waals surface area (Å²) in [5, 5.41) is 14.3. The highest BCUT2D eigenvalue weighted by Crippen LogP contribution is 2.36. The molecular formula is C22H23N3O7. The number of carbonyl (C=O) groups is 1. The first-order valence-electron chi connectivity index (χ1n) is 10.5. The van der Waals surface area contributed by atoms with Crippen molar-refractivity contribution in [2.75, 3.05) is 32.0 Å². The molecule has 1 saturated heterocycles. The van der Waals surface area contributed by atoms with Crippen molar-refractivity contribution in [1.29, 1.82) is 0 Å². The standard InChI is InChI=1S/C22H23N3O7/c26-22(23-17-1-2-19-20(9-17)31-13-30-19)14-3-5-24(6-4-14)10-15-7-18(25(27)28)8-16-11-29-12-32-21(15)16/h1-2,7-9,14H,3-6,10-13H2,(H,23,26). The number of likely N-dealkylation sites (tertiary alicyclic amines) is 1. The Labute approximate surface area is 184 Å². The van der Waals surface area contributed by atoms with E-state index in [4.69, 9.17) is 18.9 Å². The van der Waals surface area contributed by atoms with Crippen molar-refractivity contribution >= 4 is 17.3 Å². The number of benzene rings is 2. The summed E-state index contributed by atoms with van der Waals surface area (Å²) >= 11 is 0. The van der Waals surface area contributed by atoms with Gasteiger partial charge in [0.25, 0.3) is 5.69 Å². The lowest BCUT2D eigenvalue weighted by Crippen LogP contribution is -2.38. The lowest BCUT2D eigenvalue weighted by atomic mass is 9.95. The molecule has 168 valence electrons. The largest absolute Gasteiger partial charge is 0.467 e. The lowest BCUT2D eigenvalue weighted by molar-refractivity contribution is -0.385. The Morgan fingerprint density at radius 3 is 2.72 bits per heavy atom. The molecule has 3 aliphatic heterocycles. The summed E-state index contributed by atoms with van der Waals surface area (Å²) in [5.41, 5.74) is 2.19. The molecule has 0 unspecified atom stereocenters. The van der Waals surface area contributed by atoms with Gasteiger partial charge in [0.05, 0.1) is 11.5 Å². The topological polar surface area (TPSA) is 112 Å². The van der Waals surface area contributed by atoms with Crippen LogP contribution in [-0.4, -0.2) is 42.4 Å². The minimum Gasteiger partial charge on any atom is -0.467 e. The smallest absolute Gasteiger partial charge is 0.270 e. The van der Waals surface area contributed by atoms with Gasteiger partial charge in [-0.1, -0.05) is 0 Å². The second-order valence-corrected chi connectivity index (χ2v) is 8.07. The summed E-state index contributed by atoms with van der Waals surface area (Å²) < 4.78 is 21.6. The summed E-state index contributed by atoms with van der Waals surface area (Å²) in [6.45, 7) is 2.59. The molecule has 2 aromatic rings. The average molecular weight is 441 g/mol. The Hall–Kier alpha value is -3.37. The van der Waals surface area contributed by atoms with Crippen LogP contribution < -0.4 is 19.5 Å². The molecule has 0 atom stereocenters. The number of nitro benzene ring substituents is 1. The molecule has 1 fully saturated rings. The van der Waals surface area contributed by atoms with Gasteiger partial charge in [0, 0.05) is 47.5 Å². The van der Waals surface area contributed by atoms with Crippen molar-refractivity contribution in [2.45, 2.75) is 26.0 Å². The number of hydrogen-bond donors (Lipinski definition) is 1. The fourth-order valence-corrected chi connectivity index (χ4v) is 4.32. The van der Waals surface area contributed by atoms with Crippen LogP contribution in [0.4, 0.5) is 11.4 Å². The van der Waals surface area contributed by atoms with Crippen molar-refractivity contribution in [3.8, 4) is 17.2 Å². The van der Waals surface area contributed by atoms with Crippen LogP contribution in [0.25, 0.3) is 0 Å². The van der Waals surface area contributed by atoms with Crippen molar-refractivity contribution in [3.05, 3.63) is 51.6 Å². The van der Waals surface area contributed by atoms with E-state index >= 15 is 0 Å². The van der Waals surface area contributed by atoms with Crippen molar-refractivity contribution < 1.29 is 28.7 Å². The van der Waals surface area contributed by atoms with Gasteiger partial charge in [0.2, 0.25) is 12.7 Å². The van der Waals surface area contributed by atoms with Gasteiger partial charge in [0.15, 0.2) is 18.3 Å². The number of piperidine rings is 1. The minimum atomic E-state index is -0.398. The molecule has 0 aliphatic carbocycles. The number of non-ortho nitro benzene ring substituents is 1. The number of nitrogens with zero attached hydrogens (tertiary/aromatic N) is 2. The van der Waals surface area contributed by atoms with Crippen LogP contribution in [0.3, 0.4) is 0 Å². The first-order valence-corrected chi connectivity index (χ1v) is 10.5.